The maximum Gasteiger partial charge on any atom is 0.324 e. The third-order valence-corrected chi connectivity index (χ3v) is 2.78. The lowest BCUT2D eigenvalue weighted by molar-refractivity contribution is -0.150. The number of nitrogens with one attached hydrogen (secondary N) is 1. The van der Waals surface area contributed by atoms with E-state index in [0.717, 1.165) is 4.90 Å². The lowest BCUT2D eigenvalue weighted by atomic mass is 10.1. The Bertz CT molecular complexity index is 530. The van der Waals surface area contributed by atoms with Crippen molar-refractivity contribution in [2.75, 3.05) is 19.7 Å². The molecular formula is C13H13FN2O4. The molecule has 1 aliphatic heterocycles. The van der Waals surface area contributed by atoms with Crippen LogP contribution in [0.1, 0.15) is 5.56 Å². The quantitative estimate of drug-likeness (QED) is 0.813. The van der Waals surface area contributed by atoms with Crippen LogP contribution in [0.5, 0.6) is 0 Å². The average molecular weight is 280 g/mol. The largest absolute Gasteiger partial charge is 0.455 e. The molecule has 1 heterocycles. The zero-order valence-electron chi connectivity index (χ0n) is 10.6. The third kappa shape index (κ3) is 3.53. The zero-order chi connectivity index (χ0) is 14.5. The second-order valence-electron chi connectivity index (χ2n) is 4.24. The molecule has 0 spiro atoms. The molecule has 106 valence electrons. The lowest BCUT2D eigenvalue weighted by Gasteiger charge is -2.12. The Morgan fingerprint density at radius 2 is 2.00 bits per heavy atom. The van der Waals surface area contributed by atoms with E-state index in [9.17, 15) is 18.8 Å². The number of halogens is 1. The van der Waals surface area contributed by atoms with Crippen molar-refractivity contribution in [1.29, 1.82) is 0 Å². The number of carbonyl (C=O) groups is 3. The zero-order valence-corrected chi connectivity index (χ0v) is 10.6. The summed E-state index contributed by atoms with van der Waals surface area (Å²) in [5.41, 5.74) is 0.586. The van der Waals surface area contributed by atoms with Gasteiger partial charge in [-0.25, -0.2) is 9.18 Å². The van der Waals surface area contributed by atoms with Crippen molar-refractivity contribution in [1.82, 2.24) is 10.2 Å². The van der Waals surface area contributed by atoms with Gasteiger partial charge < -0.3 is 10.1 Å². The first-order valence-corrected chi connectivity index (χ1v) is 6.04. The molecule has 1 N–H and O–H groups in total. The Kier molecular flexibility index (Phi) is 4.29. The van der Waals surface area contributed by atoms with E-state index in [1.54, 1.807) is 0 Å². The summed E-state index contributed by atoms with van der Waals surface area (Å²) in [5, 5.41) is 2.47. The van der Waals surface area contributed by atoms with Gasteiger partial charge >= 0.3 is 12.0 Å². The summed E-state index contributed by atoms with van der Waals surface area (Å²) in [6, 6.07) is 4.92. The first kappa shape index (κ1) is 14.0. The van der Waals surface area contributed by atoms with E-state index >= 15 is 0 Å². The van der Waals surface area contributed by atoms with Crippen LogP contribution in [0.3, 0.4) is 0 Å². The number of urea groups is 1. The van der Waals surface area contributed by atoms with Gasteiger partial charge in [-0.2, -0.15) is 0 Å². The van der Waals surface area contributed by atoms with Gasteiger partial charge in [-0.15, -0.1) is 0 Å². The first-order valence-electron chi connectivity index (χ1n) is 6.04. The standard InChI is InChI=1S/C13H13FN2O4/c14-10-3-1-9(2-4-10)7-12(18)20-8-11(17)16-6-5-15-13(16)19/h1-4H,5-8H2,(H,15,19). The first-order chi connectivity index (χ1) is 9.56. The van der Waals surface area contributed by atoms with E-state index in [1.807, 2.05) is 0 Å². The molecule has 1 aliphatic rings. The van der Waals surface area contributed by atoms with Gasteiger partial charge in [0.15, 0.2) is 6.61 Å². The van der Waals surface area contributed by atoms with Crippen LogP contribution >= 0.6 is 0 Å². The van der Waals surface area contributed by atoms with Crippen molar-refractivity contribution in [3.63, 3.8) is 0 Å². The summed E-state index contributed by atoms with van der Waals surface area (Å²) >= 11 is 0. The molecule has 1 aromatic rings. The number of nitrogens with zero attached hydrogens (tertiary/aromatic N) is 1. The third-order valence-electron chi connectivity index (χ3n) is 2.78. The van der Waals surface area contributed by atoms with Gasteiger partial charge in [0.25, 0.3) is 5.91 Å². The van der Waals surface area contributed by atoms with Crippen LogP contribution in [0.2, 0.25) is 0 Å². The van der Waals surface area contributed by atoms with E-state index in [2.05, 4.69) is 5.32 Å². The van der Waals surface area contributed by atoms with E-state index < -0.39 is 30.3 Å². The minimum atomic E-state index is -0.607. The molecule has 0 atom stereocenters. The van der Waals surface area contributed by atoms with E-state index in [0.29, 0.717) is 12.1 Å². The van der Waals surface area contributed by atoms with Crippen molar-refractivity contribution in [2.24, 2.45) is 0 Å². The smallest absolute Gasteiger partial charge is 0.324 e. The van der Waals surface area contributed by atoms with E-state index in [1.165, 1.54) is 24.3 Å². The van der Waals surface area contributed by atoms with E-state index in [-0.39, 0.29) is 13.0 Å². The van der Waals surface area contributed by atoms with Crippen LogP contribution in [0.25, 0.3) is 0 Å². The number of amides is 3. The average Bonchev–Trinajstić information content (AvgIpc) is 2.85. The van der Waals surface area contributed by atoms with Crippen molar-refractivity contribution in [3.8, 4) is 0 Å². The van der Waals surface area contributed by atoms with Crippen LogP contribution in [0.15, 0.2) is 24.3 Å². The highest BCUT2D eigenvalue weighted by atomic mass is 19.1. The molecule has 7 heteroatoms. The summed E-state index contributed by atoms with van der Waals surface area (Å²) < 4.78 is 17.5. The summed E-state index contributed by atoms with van der Waals surface area (Å²) in [5.74, 6) is -1.56. The highest BCUT2D eigenvalue weighted by Gasteiger charge is 2.26. The van der Waals surface area contributed by atoms with Crippen molar-refractivity contribution < 1.29 is 23.5 Å². The Hall–Kier alpha value is -2.44. The molecule has 2 rings (SSSR count). The number of rotatable bonds is 4. The molecule has 0 aliphatic carbocycles. The fraction of sp³-hybridized carbons (Fsp3) is 0.308. The predicted octanol–water partition coefficient (Wildman–Crippen LogP) is 0.463. The maximum atomic E-state index is 12.7. The Morgan fingerprint density at radius 3 is 2.60 bits per heavy atom. The Morgan fingerprint density at radius 1 is 1.30 bits per heavy atom. The Labute approximate surface area is 114 Å². The number of imide groups is 1. The SMILES string of the molecule is O=C(Cc1ccc(F)cc1)OCC(=O)N1CCNC1=O. The highest BCUT2D eigenvalue weighted by molar-refractivity contribution is 5.96. The highest BCUT2D eigenvalue weighted by Crippen LogP contribution is 2.05. The van der Waals surface area contributed by atoms with E-state index in [4.69, 9.17) is 4.74 Å². The van der Waals surface area contributed by atoms with Gasteiger partial charge in [0.1, 0.15) is 5.82 Å². The molecule has 0 radical (unpaired) electrons. The van der Waals surface area contributed by atoms with Gasteiger partial charge in [-0.05, 0) is 17.7 Å². The normalized spacial score (nSPS) is 14.1. The molecule has 0 aromatic heterocycles. The van der Waals surface area contributed by atoms with Gasteiger partial charge in [0.2, 0.25) is 0 Å². The summed E-state index contributed by atoms with van der Waals surface area (Å²) in [7, 11) is 0. The fourth-order valence-corrected chi connectivity index (χ4v) is 1.75. The molecule has 1 fully saturated rings. The van der Waals surface area contributed by atoms with Gasteiger partial charge in [0.05, 0.1) is 6.42 Å². The monoisotopic (exact) mass is 280 g/mol. The van der Waals surface area contributed by atoms with Crippen LogP contribution < -0.4 is 5.32 Å². The number of hydrogen-bond donors (Lipinski definition) is 1. The van der Waals surface area contributed by atoms with Crippen molar-refractivity contribution in [3.05, 3.63) is 35.6 Å². The predicted molar refractivity (Wildman–Crippen MR) is 66.2 cm³/mol. The fourth-order valence-electron chi connectivity index (χ4n) is 1.75. The number of esters is 1. The van der Waals surface area contributed by atoms with Crippen LogP contribution in [-0.2, 0) is 20.7 Å². The van der Waals surface area contributed by atoms with Gasteiger partial charge in [-0.1, -0.05) is 12.1 Å². The number of ether oxygens (including phenoxy) is 1. The number of hydrogen-bond acceptors (Lipinski definition) is 4. The Balaban J connectivity index is 1.79. The minimum Gasteiger partial charge on any atom is -0.455 e. The molecular weight excluding hydrogens is 267 g/mol. The molecule has 6 nitrogen and oxygen atoms in total. The minimum absolute atomic E-state index is 0.0558. The van der Waals surface area contributed by atoms with Crippen molar-refractivity contribution in [2.45, 2.75) is 6.42 Å². The summed E-state index contributed by atoms with van der Waals surface area (Å²) in [6.07, 6.45) is -0.0558. The molecule has 20 heavy (non-hydrogen) atoms. The summed E-state index contributed by atoms with van der Waals surface area (Å²) in [6.45, 7) is 0.189. The molecule has 3 amide bonds. The van der Waals surface area contributed by atoms with Crippen LogP contribution in [0, 0.1) is 5.82 Å². The summed E-state index contributed by atoms with van der Waals surface area (Å²) in [4.78, 5) is 35.3. The molecule has 0 bridgehead atoms. The lowest BCUT2D eigenvalue weighted by Crippen LogP contribution is -2.37. The molecule has 1 aromatic carbocycles. The van der Waals surface area contributed by atoms with Crippen LogP contribution in [0.4, 0.5) is 9.18 Å². The number of benzene rings is 1. The number of carbonyl (C=O) groups excluding carboxylic acids is 3. The van der Waals surface area contributed by atoms with Crippen LogP contribution in [-0.4, -0.2) is 42.5 Å². The maximum absolute atomic E-state index is 12.7. The second kappa shape index (κ2) is 6.14. The van der Waals surface area contributed by atoms with Gasteiger partial charge in [-0.3, -0.25) is 14.5 Å². The van der Waals surface area contributed by atoms with Gasteiger partial charge in [0, 0.05) is 13.1 Å². The molecule has 0 saturated carbocycles. The van der Waals surface area contributed by atoms with Crippen molar-refractivity contribution >= 4 is 17.9 Å². The molecule has 1 saturated heterocycles. The topological polar surface area (TPSA) is 75.7 Å². The second-order valence-corrected chi connectivity index (χ2v) is 4.24. The molecule has 0 unspecified atom stereocenters.